The van der Waals surface area contributed by atoms with Crippen LogP contribution in [0.5, 0.6) is 0 Å². The lowest BCUT2D eigenvalue weighted by molar-refractivity contribution is 0.0984. The number of β-amino-alcohol motifs (C(OH)–C–C–N with tert-alkyl or cyclic N) is 1. The lowest BCUT2D eigenvalue weighted by Crippen LogP contribution is -2.30. The second-order valence-electron chi connectivity index (χ2n) is 7.02. The standard InChI is InChI=1S/C22H21FN4O2/c23-18-4-6-19(7-5-18)27(22(29)17-2-1-10-24-13-17)14-16-3-8-21(25-12-16)26-11-9-20(28)15-26/h1-8,10,12-13,20,28H,9,11,14-15H2. The van der Waals surface area contributed by atoms with Gasteiger partial charge in [-0.2, -0.15) is 0 Å². The zero-order chi connectivity index (χ0) is 20.2. The average molecular weight is 392 g/mol. The Morgan fingerprint density at radius 3 is 2.62 bits per heavy atom. The third kappa shape index (κ3) is 4.41. The van der Waals surface area contributed by atoms with Gasteiger partial charge in [0, 0.05) is 37.4 Å². The van der Waals surface area contributed by atoms with Crippen LogP contribution < -0.4 is 9.80 Å². The Kier molecular flexibility index (Phi) is 5.48. The van der Waals surface area contributed by atoms with Crippen molar-refractivity contribution in [2.45, 2.75) is 19.1 Å². The maximum absolute atomic E-state index is 13.4. The van der Waals surface area contributed by atoms with Crippen molar-refractivity contribution in [3.05, 3.63) is 84.1 Å². The molecule has 1 aromatic carbocycles. The summed E-state index contributed by atoms with van der Waals surface area (Å²) in [5.74, 6) is 0.218. The molecular weight excluding hydrogens is 371 g/mol. The number of pyridine rings is 2. The molecule has 3 aromatic rings. The summed E-state index contributed by atoms with van der Waals surface area (Å²) in [5.41, 5.74) is 1.88. The largest absolute Gasteiger partial charge is 0.391 e. The molecule has 0 radical (unpaired) electrons. The second-order valence-corrected chi connectivity index (χ2v) is 7.02. The third-order valence-electron chi connectivity index (χ3n) is 4.93. The Balaban J connectivity index is 1.58. The third-order valence-corrected chi connectivity index (χ3v) is 4.93. The van der Waals surface area contributed by atoms with Crippen molar-refractivity contribution in [3.63, 3.8) is 0 Å². The molecule has 0 aliphatic carbocycles. The molecule has 1 aliphatic heterocycles. The molecule has 3 heterocycles. The van der Waals surface area contributed by atoms with Crippen molar-refractivity contribution in [3.8, 4) is 0 Å². The van der Waals surface area contributed by atoms with E-state index in [0.29, 0.717) is 17.8 Å². The van der Waals surface area contributed by atoms with Crippen molar-refractivity contribution >= 4 is 17.4 Å². The van der Waals surface area contributed by atoms with E-state index in [9.17, 15) is 14.3 Å². The van der Waals surface area contributed by atoms with Crippen LogP contribution in [-0.4, -0.2) is 40.2 Å². The molecule has 1 amide bonds. The molecule has 1 fully saturated rings. The smallest absolute Gasteiger partial charge is 0.260 e. The molecule has 1 aliphatic rings. The maximum atomic E-state index is 13.4. The summed E-state index contributed by atoms with van der Waals surface area (Å²) < 4.78 is 13.4. The summed E-state index contributed by atoms with van der Waals surface area (Å²) in [6, 6.07) is 13.0. The van der Waals surface area contributed by atoms with E-state index >= 15 is 0 Å². The Morgan fingerprint density at radius 1 is 1.17 bits per heavy atom. The normalized spacial score (nSPS) is 16.1. The van der Waals surface area contributed by atoms with Crippen molar-refractivity contribution in [2.24, 2.45) is 0 Å². The second kappa shape index (κ2) is 8.36. The molecule has 0 saturated carbocycles. The predicted octanol–water partition coefficient (Wildman–Crippen LogP) is 3.03. The number of hydrogen-bond acceptors (Lipinski definition) is 5. The van der Waals surface area contributed by atoms with Crippen molar-refractivity contribution in [1.29, 1.82) is 0 Å². The van der Waals surface area contributed by atoms with Gasteiger partial charge in [0.15, 0.2) is 0 Å². The SMILES string of the molecule is O=C(c1cccnc1)N(Cc1ccc(N2CCC(O)C2)nc1)c1ccc(F)cc1. The number of hydrogen-bond donors (Lipinski definition) is 1. The van der Waals surface area contributed by atoms with Crippen LogP contribution in [0.1, 0.15) is 22.3 Å². The van der Waals surface area contributed by atoms with E-state index in [1.807, 2.05) is 17.0 Å². The fourth-order valence-corrected chi connectivity index (χ4v) is 3.38. The zero-order valence-electron chi connectivity index (χ0n) is 15.8. The first-order valence-electron chi connectivity index (χ1n) is 9.45. The fourth-order valence-electron chi connectivity index (χ4n) is 3.38. The first-order valence-corrected chi connectivity index (χ1v) is 9.45. The predicted molar refractivity (Wildman–Crippen MR) is 108 cm³/mol. The number of carbonyl (C=O) groups excluding carboxylic acids is 1. The Morgan fingerprint density at radius 2 is 2.00 bits per heavy atom. The minimum atomic E-state index is -0.360. The summed E-state index contributed by atoms with van der Waals surface area (Å²) >= 11 is 0. The van der Waals surface area contributed by atoms with E-state index in [-0.39, 0.29) is 24.4 Å². The van der Waals surface area contributed by atoms with Crippen LogP contribution in [0, 0.1) is 5.82 Å². The number of carbonyl (C=O) groups is 1. The summed E-state index contributed by atoms with van der Waals surface area (Å²) in [7, 11) is 0. The fraction of sp³-hybridized carbons (Fsp3) is 0.227. The van der Waals surface area contributed by atoms with Crippen LogP contribution in [-0.2, 0) is 6.54 Å². The molecule has 1 N–H and O–H groups in total. The highest BCUT2D eigenvalue weighted by atomic mass is 19.1. The van der Waals surface area contributed by atoms with Gasteiger partial charge in [0.25, 0.3) is 5.91 Å². The topological polar surface area (TPSA) is 69.6 Å². The molecule has 6 nitrogen and oxygen atoms in total. The van der Waals surface area contributed by atoms with E-state index in [2.05, 4.69) is 9.97 Å². The highest BCUT2D eigenvalue weighted by Crippen LogP contribution is 2.22. The van der Waals surface area contributed by atoms with Gasteiger partial charge in [-0.3, -0.25) is 9.78 Å². The molecule has 148 valence electrons. The molecule has 1 atom stereocenters. The number of benzene rings is 1. The minimum absolute atomic E-state index is 0.226. The number of aliphatic hydroxyl groups excluding tert-OH is 1. The first kappa shape index (κ1) is 19.0. The summed E-state index contributed by atoms with van der Waals surface area (Å²) in [6.45, 7) is 1.64. The monoisotopic (exact) mass is 392 g/mol. The Bertz CT molecular complexity index is 964. The average Bonchev–Trinajstić information content (AvgIpc) is 3.20. The minimum Gasteiger partial charge on any atom is -0.391 e. The van der Waals surface area contributed by atoms with Crippen LogP contribution in [0.3, 0.4) is 0 Å². The first-order chi connectivity index (χ1) is 14.1. The summed E-state index contributed by atoms with van der Waals surface area (Å²) in [6.07, 6.45) is 5.27. The van der Waals surface area contributed by atoms with Crippen molar-refractivity contribution < 1.29 is 14.3 Å². The van der Waals surface area contributed by atoms with Crippen LogP contribution >= 0.6 is 0 Å². The molecule has 1 unspecified atom stereocenters. The molecule has 29 heavy (non-hydrogen) atoms. The molecular formula is C22H21FN4O2. The number of anilines is 2. The van der Waals surface area contributed by atoms with E-state index in [1.165, 1.54) is 18.3 Å². The van der Waals surface area contributed by atoms with Crippen molar-refractivity contribution in [2.75, 3.05) is 22.9 Å². The number of aromatic nitrogens is 2. The van der Waals surface area contributed by atoms with Gasteiger partial charge < -0.3 is 14.9 Å². The molecule has 2 aromatic heterocycles. The van der Waals surface area contributed by atoms with Crippen LogP contribution in [0.25, 0.3) is 0 Å². The van der Waals surface area contributed by atoms with E-state index < -0.39 is 0 Å². The Hall–Kier alpha value is -3.32. The van der Waals surface area contributed by atoms with Gasteiger partial charge in [0.2, 0.25) is 0 Å². The summed E-state index contributed by atoms with van der Waals surface area (Å²) in [5, 5.41) is 9.70. The number of rotatable bonds is 5. The van der Waals surface area contributed by atoms with Gasteiger partial charge in [-0.05, 0) is 54.4 Å². The highest BCUT2D eigenvalue weighted by Gasteiger charge is 2.22. The van der Waals surface area contributed by atoms with E-state index in [4.69, 9.17) is 0 Å². The number of nitrogens with zero attached hydrogens (tertiary/aromatic N) is 4. The lowest BCUT2D eigenvalue weighted by Gasteiger charge is -2.23. The van der Waals surface area contributed by atoms with Crippen molar-refractivity contribution in [1.82, 2.24) is 9.97 Å². The van der Waals surface area contributed by atoms with Gasteiger partial charge in [0.1, 0.15) is 11.6 Å². The van der Waals surface area contributed by atoms with Gasteiger partial charge >= 0.3 is 0 Å². The molecule has 0 spiro atoms. The molecule has 7 heteroatoms. The lowest BCUT2D eigenvalue weighted by atomic mass is 10.1. The molecule has 1 saturated heterocycles. The van der Waals surface area contributed by atoms with Gasteiger partial charge in [-0.15, -0.1) is 0 Å². The zero-order valence-corrected chi connectivity index (χ0v) is 15.8. The molecule has 4 rings (SSSR count). The van der Waals surface area contributed by atoms with Gasteiger partial charge in [-0.1, -0.05) is 6.07 Å². The Labute approximate surface area is 168 Å². The number of amides is 1. The van der Waals surface area contributed by atoms with E-state index in [1.54, 1.807) is 41.6 Å². The van der Waals surface area contributed by atoms with Gasteiger partial charge in [-0.25, -0.2) is 9.37 Å². The molecule has 0 bridgehead atoms. The highest BCUT2D eigenvalue weighted by molar-refractivity contribution is 6.05. The van der Waals surface area contributed by atoms with Crippen LogP contribution in [0.2, 0.25) is 0 Å². The number of halogens is 1. The van der Waals surface area contributed by atoms with Crippen LogP contribution in [0.15, 0.2) is 67.1 Å². The number of aliphatic hydroxyl groups is 1. The quantitative estimate of drug-likeness (QED) is 0.723. The van der Waals surface area contributed by atoms with Crippen LogP contribution in [0.4, 0.5) is 15.9 Å². The maximum Gasteiger partial charge on any atom is 0.260 e. The van der Waals surface area contributed by atoms with E-state index in [0.717, 1.165) is 24.3 Å². The van der Waals surface area contributed by atoms with Gasteiger partial charge in [0.05, 0.1) is 18.2 Å². The summed E-state index contributed by atoms with van der Waals surface area (Å²) in [4.78, 5) is 25.2.